The van der Waals surface area contributed by atoms with Crippen LogP contribution >= 0.6 is 0 Å². The maximum atomic E-state index is 12.2. The molecule has 2 aliphatic heterocycles. The van der Waals surface area contributed by atoms with E-state index in [-0.39, 0.29) is 30.1 Å². The Morgan fingerprint density at radius 1 is 1.09 bits per heavy atom. The summed E-state index contributed by atoms with van der Waals surface area (Å²) in [7, 11) is 2.79. The Morgan fingerprint density at radius 3 is 2.43 bits per heavy atom. The van der Waals surface area contributed by atoms with Gasteiger partial charge in [-0.1, -0.05) is 30.3 Å². The van der Waals surface area contributed by atoms with Crippen LogP contribution in [-0.4, -0.2) is 61.3 Å². The van der Waals surface area contributed by atoms with Crippen molar-refractivity contribution in [2.75, 3.05) is 27.3 Å². The van der Waals surface area contributed by atoms with E-state index in [0.717, 1.165) is 19.6 Å². The fourth-order valence-corrected chi connectivity index (χ4v) is 3.77. The van der Waals surface area contributed by atoms with Crippen LogP contribution < -0.4 is 0 Å². The lowest BCUT2D eigenvalue weighted by molar-refractivity contribution is -0.148. The Hall–Kier alpha value is -1.92. The van der Waals surface area contributed by atoms with Crippen molar-refractivity contribution in [2.24, 2.45) is 5.92 Å². The minimum Gasteiger partial charge on any atom is -0.469 e. The van der Waals surface area contributed by atoms with Crippen molar-refractivity contribution in [3.63, 3.8) is 0 Å². The highest BCUT2D eigenvalue weighted by atomic mass is 16.5. The van der Waals surface area contributed by atoms with Crippen LogP contribution in [0.3, 0.4) is 0 Å². The summed E-state index contributed by atoms with van der Waals surface area (Å²) in [4.78, 5) is 28.6. The first-order valence-electron chi connectivity index (χ1n) is 7.85. The SMILES string of the molecule is COC(=O)[C@@H]1C[C@@H](C(=O)OC)N2CCN(Cc3ccccc3)[C@H]12. The van der Waals surface area contributed by atoms with Gasteiger partial charge in [-0.05, 0) is 12.0 Å². The van der Waals surface area contributed by atoms with Crippen molar-refractivity contribution in [1.82, 2.24) is 9.80 Å². The van der Waals surface area contributed by atoms with Crippen LogP contribution in [0.5, 0.6) is 0 Å². The zero-order valence-electron chi connectivity index (χ0n) is 13.5. The van der Waals surface area contributed by atoms with Crippen LogP contribution in [0.15, 0.2) is 30.3 Å². The Bertz CT molecular complexity index is 577. The number of methoxy groups -OCH3 is 2. The Morgan fingerprint density at radius 2 is 1.78 bits per heavy atom. The number of ether oxygens (including phenoxy) is 2. The molecule has 0 aliphatic carbocycles. The van der Waals surface area contributed by atoms with Crippen LogP contribution in [0.4, 0.5) is 0 Å². The lowest BCUT2D eigenvalue weighted by Crippen LogP contribution is -2.44. The molecule has 124 valence electrons. The van der Waals surface area contributed by atoms with Gasteiger partial charge in [0.2, 0.25) is 0 Å². The molecule has 23 heavy (non-hydrogen) atoms. The van der Waals surface area contributed by atoms with Crippen LogP contribution in [0.1, 0.15) is 12.0 Å². The van der Waals surface area contributed by atoms with Crippen molar-refractivity contribution < 1.29 is 19.1 Å². The van der Waals surface area contributed by atoms with Gasteiger partial charge in [0.15, 0.2) is 0 Å². The molecule has 3 atom stereocenters. The third-order valence-electron chi connectivity index (χ3n) is 4.80. The third-order valence-corrected chi connectivity index (χ3v) is 4.80. The summed E-state index contributed by atoms with van der Waals surface area (Å²) in [5.41, 5.74) is 1.19. The van der Waals surface area contributed by atoms with E-state index in [2.05, 4.69) is 21.9 Å². The largest absolute Gasteiger partial charge is 0.469 e. The molecule has 0 aromatic heterocycles. The lowest BCUT2D eigenvalue weighted by atomic mass is 10.0. The number of hydrogen-bond acceptors (Lipinski definition) is 6. The standard InChI is InChI=1S/C17H22N2O4/c1-22-16(20)13-10-14(17(21)23-2)19-9-8-18(15(13)19)11-12-6-4-3-5-7-12/h3-7,13-15H,8-11H2,1-2H3/t13-,14+,15+/m1/s1. The first-order chi connectivity index (χ1) is 11.2. The summed E-state index contributed by atoms with van der Waals surface area (Å²) < 4.78 is 9.86. The fraction of sp³-hybridized carbons (Fsp3) is 0.529. The fourth-order valence-electron chi connectivity index (χ4n) is 3.77. The summed E-state index contributed by atoms with van der Waals surface area (Å²) in [6.45, 7) is 2.33. The van der Waals surface area contributed by atoms with Crippen molar-refractivity contribution in [3.05, 3.63) is 35.9 Å². The van der Waals surface area contributed by atoms with E-state index in [1.165, 1.54) is 19.8 Å². The molecule has 0 spiro atoms. The zero-order chi connectivity index (χ0) is 16.4. The lowest BCUT2D eigenvalue weighted by Gasteiger charge is -2.28. The van der Waals surface area contributed by atoms with Gasteiger partial charge >= 0.3 is 11.9 Å². The van der Waals surface area contributed by atoms with Crippen LogP contribution in [-0.2, 0) is 25.6 Å². The first-order valence-corrected chi connectivity index (χ1v) is 7.85. The van der Waals surface area contributed by atoms with E-state index in [1.54, 1.807) is 0 Å². The molecule has 0 N–H and O–H groups in total. The Labute approximate surface area is 136 Å². The summed E-state index contributed by atoms with van der Waals surface area (Å²) in [5.74, 6) is -0.857. The van der Waals surface area contributed by atoms with E-state index >= 15 is 0 Å². The molecule has 1 aromatic carbocycles. The molecule has 0 amide bonds. The molecule has 0 bridgehead atoms. The summed E-state index contributed by atoms with van der Waals surface area (Å²) in [5, 5.41) is 0. The average molecular weight is 318 g/mol. The van der Waals surface area contributed by atoms with Gasteiger partial charge in [0, 0.05) is 19.6 Å². The monoisotopic (exact) mass is 318 g/mol. The number of esters is 2. The number of fused-ring (bicyclic) bond motifs is 1. The summed E-state index contributed by atoms with van der Waals surface area (Å²) in [6, 6.07) is 9.78. The number of carbonyl (C=O) groups excluding carboxylic acids is 2. The highest BCUT2D eigenvalue weighted by Crippen LogP contribution is 2.37. The van der Waals surface area contributed by atoms with Crippen LogP contribution in [0.2, 0.25) is 0 Å². The van der Waals surface area contributed by atoms with E-state index in [9.17, 15) is 9.59 Å². The molecule has 2 heterocycles. The van der Waals surface area contributed by atoms with Gasteiger partial charge < -0.3 is 9.47 Å². The van der Waals surface area contributed by atoms with E-state index in [1.807, 2.05) is 18.2 Å². The molecule has 2 aliphatic rings. The smallest absolute Gasteiger partial charge is 0.323 e. The predicted octanol–water partition coefficient (Wildman–Crippen LogP) is 0.865. The van der Waals surface area contributed by atoms with Crippen molar-refractivity contribution in [1.29, 1.82) is 0 Å². The van der Waals surface area contributed by atoms with Gasteiger partial charge in [-0.3, -0.25) is 19.4 Å². The number of benzene rings is 1. The number of hydrogen-bond donors (Lipinski definition) is 0. The van der Waals surface area contributed by atoms with E-state index in [4.69, 9.17) is 9.47 Å². The van der Waals surface area contributed by atoms with E-state index < -0.39 is 0 Å². The van der Waals surface area contributed by atoms with Crippen LogP contribution in [0.25, 0.3) is 0 Å². The first kappa shape index (κ1) is 16.0. The molecule has 2 saturated heterocycles. The summed E-state index contributed by atoms with van der Waals surface area (Å²) >= 11 is 0. The Balaban J connectivity index is 1.82. The van der Waals surface area contributed by atoms with Crippen molar-refractivity contribution >= 4 is 11.9 Å². The molecule has 3 rings (SSSR count). The molecule has 2 fully saturated rings. The molecule has 1 aromatic rings. The second kappa shape index (κ2) is 6.68. The molecule has 0 saturated carbocycles. The zero-order valence-corrected chi connectivity index (χ0v) is 13.5. The number of carbonyl (C=O) groups is 2. The van der Waals surface area contributed by atoms with Gasteiger partial charge in [-0.15, -0.1) is 0 Å². The maximum Gasteiger partial charge on any atom is 0.323 e. The highest BCUT2D eigenvalue weighted by molar-refractivity contribution is 5.80. The van der Waals surface area contributed by atoms with Gasteiger partial charge in [-0.2, -0.15) is 0 Å². The molecule has 6 nitrogen and oxygen atoms in total. The van der Waals surface area contributed by atoms with Crippen LogP contribution in [0, 0.1) is 5.92 Å². The summed E-state index contributed by atoms with van der Waals surface area (Å²) in [6.07, 6.45) is 0.349. The number of nitrogens with zero attached hydrogens (tertiary/aromatic N) is 2. The second-order valence-electron chi connectivity index (χ2n) is 6.01. The minimum absolute atomic E-state index is 0.105. The van der Waals surface area contributed by atoms with Gasteiger partial charge in [0.05, 0.1) is 26.3 Å². The topological polar surface area (TPSA) is 59.1 Å². The quantitative estimate of drug-likeness (QED) is 0.768. The minimum atomic E-state index is -0.366. The normalized spacial score (nSPS) is 27.7. The molecular weight excluding hydrogens is 296 g/mol. The second-order valence-corrected chi connectivity index (χ2v) is 6.01. The van der Waals surface area contributed by atoms with Gasteiger partial charge in [0.25, 0.3) is 0 Å². The molecule has 6 heteroatoms. The Kier molecular flexibility index (Phi) is 4.63. The predicted molar refractivity (Wildman–Crippen MR) is 83.3 cm³/mol. The van der Waals surface area contributed by atoms with E-state index in [0.29, 0.717) is 6.42 Å². The highest BCUT2D eigenvalue weighted by Gasteiger charge is 2.53. The number of rotatable bonds is 4. The maximum absolute atomic E-state index is 12.2. The van der Waals surface area contributed by atoms with Gasteiger partial charge in [0.1, 0.15) is 6.04 Å². The van der Waals surface area contributed by atoms with Crippen molar-refractivity contribution in [3.8, 4) is 0 Å². The molecule has 0 radical (unpaired) electrons. The molecule has 0 unspecified atom stereocenters. The van der Waals surface area contributed by atoms with Crippen molar-refractivity contribution in [2.45, 2.75) is 25.2 Å². The average Bonchev–Trinajstić information content (AvgIpc) is 3.15. The van der Waals surface area contributed by atoms with Gasteiger partial charge in [-0.25, -0.2) is 0 Å². The third kappa shape index (κ3) is 2.96. The molecular formula is C17H22N2O4.